The molecule has 1 fully saturated rings. The van der Waals surface area contributed by atoms with Gasteiger partial charge in [-0.3, -0.25) is 4.79 Å². The van der Waals surface area contributed by atoms with Gasteiger partial charge in [-0.1, -0.05) is 12.1 Å². The first-order chi connectivity index (χ1) is 13.8. The molecular formula is C22H27NO5S. The maximum Gasteiger partial charge on any atom is 0.254 e. The van der Waals surface area contributed by atoms with E-state index in [2.05, 4.69) is 0 Å². The van der Waals surface area contributed by atoms with E-state index in [1.807, 2.05) is 38.1 Å². The number of carbonyl (C=O) groups is 1. The van der Waals surface area contributed by atoms with Crippen LogP contribution >= 0.6 is 0 Å². The Labute approximate surface area is 172 Å². The van der Waals surface area contributed by atoms with Crippen LogP contribution in [-0.2, 0) is 16.4 Å². The van der Waals surface area contributed by atoms with Crippen LogP contribution in [0, 0.1) is 0 Å². The first-order valence-electron chi connectivity index (χ1n) is 9.68. The molecule has 0 aliphatic carbocycles. The molecule has 1 atom stereocenters. The lowest BCUT2D eigenvalue weighted by Gasteiger charge is -2.28. The molecule has 0 aromatic heterocycles. The van der Waals surface area contributed by atoms with Crippen LogP contribution in [0.25, 0.3) is 0 Å². The largest absolute Gasteiger partial charge is 0.497 e. The van der Waals surface area contributed by atoms with Gasteiger partial charge in [-0.15, -0.1) is 0 Å². The Kier molecular flexibility index (Phi) is 6.47. The molecule has 29 heavy (non-hydrogen) atoms. The summed E-state index contributed by atoms with van der Waals surface area (Å²) in [6.45, 7) is 4.22. The third kappa shape index (κ3) is 5.50. The number of sulfone groups is 1. The van der Waals surface area contributed by atoms with E-state index in [1.54, 1.807) is 36.3 Å². The van der Waals surface area contributed by atoms with Crippen molar-refractivity contribution >= 4 is 15.7 Å². The van der Waals surface area contributed by atoms with Gasteiger partial charge in [-0.05, 0) is 62.2 Å². The van der Waals surface area contributed by atoms with E-state index in [9.17, 15) is 13.2 Å². The zero-order valence-corrected chi connectivity index (χ0v) is 17.8. The standard InChI is InChI=1S/C22H27NO5S/c1-16(2)28-21-10-6-18(7-11-21)22(24)23(19-12-13-29(25,26)15-19)14-17-4-8-20(27-3)9-5-17/h4-11,16,19H,12-15H2,1-3H3/t19-/m1/s1. The molecule has 0 spiro atoms. The molecule has 1 aliphatic heterocycles. The summed E-state index contributed by atoms with van der Waals surface area (Å²) in [6, 6.07) is 14.1. The van der Waals surface area contributed by atoms with Gasteiger partial charge in [0.2, 0.25) is 0 Å². The van der Waals surface area contributed by atoms with E-state index < -0.39 is 9.84 Å². The molecule has 0 N–H and O–H groups in total. The second kappa shape index (κ2) is 8.86. The van der Waals surface area contributed by atoms with Crippen LogP contribution in [0.1, 0.15) is 36.2 Å². The molecule has 1 heterocycles. The molecule has 7 heteroatoms. The molecule has 6 nitrogen and oxygen atoms in total. The topological polar surface area (TPSA) is 72.9 Å². The molecule has 0 unspecified atom stereocenters. The molecule has 1 amide bonds. The highest BCUT2D eigenvalue weighted by molar-refractivity contribution is 7.91. The maximum atomic E-state index is 13.3. The van der Waals surface area contributed by atoms with Gasteiger partial charge in [0, 0.05) is 18.2 Å². The van der Waals surface area contributed by atoms with Crippen LogP contribution in [0.2, 0.25) is 0 Å². The lowest BCUT2D eigenvalue weighted by Crippen LogP contribution is -2.40. The van der Waals surface area contributed by atoms with Crippen molar-refractivity contribution in [1.82, 2.24) is 4.90 Å². The summed E-state index contributed by atoms with van der Waals surface area (Å²) in [5.41, 5.74) is 1.43. The highest BCUT2D eigenvalue weighted by atomic mass is 32.2. The van der Waals surface area contributed by atoms with Crippen molar-refractivity contribution in [2.75, 3.05) is 18.6 Å². The second-order valence-electron chi connectivity index (χ2n) is 7.53. The summed E-state index contributed by atoms with van der Waals surface area (Å²) < 4.78 is 34.9. The van der Waals surface area contributed by atoms with Crippen LogP contribution < -0.4 is 9.47 Å². The normalized spacial score (nSPS) is 17.9. The molecule has 1 saturated heterocycles. The van der Waals surface area contributed by atoms with Gasteiger partial charge in [0.25, 0.3) is 5.91 Å². The van der Waals surface area contributed by atoms with E-state index in [-0.39, 0.29) is 29.6 Å². The minimum Gasteiger partial charge on any atom is -0.497 e. The minimum absolute atomic E-state index is 0.00341. The first-order valence-corrected chi connectivity index (χ1v) is 11.5. The number of hydrogen-bond donors (Lipinski definition) is 0. The van der Waals surface area contributed by atoms with Crippen molar-refractivity contribution in [3.05, 3.63) is 59.7 Å². The van der Waals surface area contributed by atoms with Crippen molar-refractivity contribution in [2.24, 2.45) is 0 Å². The van der Waals surface area contributed by atoms with Gasteiger partial charge in [0.1, 0.15) is 11.5 Å². The Morgan fingerprint density at radius 3 is 2.21 bits per heavy atom. The Hall–Kier alpha value is -2.54. The fourth-order valence-electron chi connectivity index (χ4n) is 3.43. The number of carbonyl (C=O) groups excluding carboxylic acids is 1. The van der Waals surface area contributed by atoms with Gasteiger partial charge in [0.05, 0.1) is 24.7 Å². The summed E-state index contributed by atoms with van der Waals surface area (Å²) in [6.07, 6.45) is 0.505. The zero-order chi connectivity index (χ0) is 21.0. The molecule has 3 rings (SSSR count). The van der Waals surface area contributed by atoms with E-state index in [1.165, 1.54) is 0 Å². The Balaban J connectivity index is 1.84. The molecule has 2 aromatic rings. The third-order valence-electron chi connectivity index (χ3n) is 4.90. The number of benzene rings is 2. The minimum atomic E-state index is -3.11. The van der Waals surface area contributed by atoms with Crippen LogP contribution in [0.5, 0.6) is 11.5 Å². The Morgan fingerprint density at radius 1 is 1.07 bits per heavy atom. The van der Waals surface area contributed by atoms with Crippen LogP contribution in [0.4, 0.5) is 0 Å². The Bertz CT molecular complexity index is 936. The summed E-state index contributed by atoms with van der Waals surface area (Å²) in [7, 11) is -1.52. The lowest BCUT2D eigenvalue weighted by molar-refractivity contribution is 0.0681. The van der Waals surface area contributed by atoms with Crippen molar-refractivity contribution in [2.45, 2.75) is 39.0 Å². The first kappa shape index (κ1) is 21.2. The van der Waals surface area contributed by atoms with E-state index in [0.29, 0.717) is 24.3 Å². The summed E-state index contributed by atoms with van der Waals surface area (Å²) in [4.78, 5) is 14.9. The summed E-state index contributed by atoms with van der Waals surface area (Å²) in [5, 5.41) is 0. The quantitative estimate of drug-likeness (QED) is 0.691. The molecule has 156 valence electrons. The average molecular weight is 418 g/mol. The molecule has 2 aromatic carbocycles. The number of ether oxygens (including phenoxy) is 2. The SMILES string of the molecule is COc1ccc(CN(C(=O)c2ccc(OC(C)C)cc2)[C@@H]2CCS(=O)(=O)C2)cc1. The van der Waals surface area contributed by atoms with Crippen molar-refractivity contribution in [1.29, 1.82) is 0 Å². The highest BCUT2D eigenvalue weighted by Crippen LogP contribution is 2.24. The van der Waals surface area contributed by atoms with Gasteiger partial charge in [-0.25, -0.2) is 8.42 Å². The number of hydrogen-bond acceptors (Lipinski definition) is 5. The fourth-order valence-corrected chi connectivity index (χ4v) is 5.16. The van der Waals surface area contributed by atoms with Gasteiger partial charge >= 0.3 is 0 Å². The summed E-state index contributed by atoms with van der Waals surface area (Å²) >= 11 is 0. The fraction of sp³-hybridized carbons (Fsp3) is 0.409. The molecule has 1 aliphatic rings. The van der Waals surface area contributed by atoms with E-state index in [0.717, 1.165) is 11.3 Å². The summed E-state index contributed by atoms with van der Waals surface area (Å²) in [5.74, 6) is 1.37. The van der Waals surface area contributed by atoms with Gasteiger partial charge < -0.3 is 14.4 Å². The molecule has 0 radical (unpaired) electrons. The number of rotatable bonds is 7. The smallest absolute Gasteiger partial charge is 0.254 e. The molecular weight excluding hydrogens is 390 g/mol. The Morgan fingerprint density at radius 2 is 1.69 bits per heavy atom. The lowest BCUT2D eigenvalue weighted by atomic mass is 10.1. The van der Waals surface area contributed by atoms with E-state index >= 15 is 0 Å². The number of nitrogens with zero attached hydrogens (tertiary/aromatic N) is 1. The van der Waals surface area contributed by atoms with Gasteiger partial charge in [0.15, 0.2) is 9.84 Å². The van der Waals surface area contributed by atoms with Crippen molar-refractivity contribution < 1.29 is 22.7 Å². The van der Waals surface area contributed by atoms with Crippen LogP contribution in [0.15, 0.2) is 48.5 Å². The average Bonchev–Trinajstić information content (AvgIpc) is 3.05. The molecule has 0 bridgehead atoms. The molecule has 0 saturated carbocycles. The van der Waals surface area contributed by atoms with Crippen LogP contribution in [0.3, 0.4) is 0 Å². The predicted octanol–water partition coefficient (Wildman–Crippen LogP) is 3.31. The number of amides is 1. The van der Waals surface area contributed by atoms with E-state index in [4.69, 9.17) is 9.47 Å². The highest BCUT2D eigenvalue weighted by Gasteiger charge is 2.35. The zero-order valence-electron chi connectivity index (χ0n) is 17.0. The predicted molar refractivity (Wildman–Crippen MR) is 112 cm³/mol. The van der Waals surface area contributed by atoms with Gasteiger partial charge in [-0.2, -0.15) is 0 Å². The maximum absolute atomic E-state index is 13.3. The van der Waals surface area contributed by atoms with Crippen LogP contribution in [-0.4, -0.2) is 50.0 Å². The van der Waals surface area contributed by atoms with Crippen molar-refractivity contribution in [3.8, 4) is 11.5 Å². The third-order valence-corrected chi connectivity index (χ3v) is 6.65. The monoisotopic (exact) mass is 417 g/mol. The van der Waals surface area contributed by atoms with Crippen molar-refractivity contribution in [3.63, 3.8) is 0 Å². The second-order valence-corrected chi connectivity index (χ2v) is 9.76. The number of methoxy groups -OCH3 is 1.